The van der Waals surface area contributed by atoms with Crippen molar-refractivity contribution in [3.05, 3.63) is 70.9 Å². The number of carboxylic acid groups (broad SMARTS) is 1. The molecule has 20 heavy (non-hydrogen) atoms. The highest BCUT2D eigenvalue weighted by Gasteiger charge is 2.15. The molecular weight excluding hydrogens is 268 g/mol. The maximum Gasteiger partial charge on any atom is 0.336 e. The number of hydrogen-bond acceptors (Lipinski definition) is 2. The van der Waals surface area contributed by atoms with Gasteiger partial charge in [0.1, 0.15) is 0 Å². The number of thiophene rings is 1. The van der Waals surface area contributed by atoms with Crippen molar-refractivity contribution in [2.45, 2.75) is 0 Å². The molecule has 3 rings (SSSR count). The van der Waals surface area contributed by atoms with Crippen LogP contribution in [-0.2, 0) is 0 Å². The second kappa shape index (κ2) is 5.31. The van der Waals surface area contributed by atoms with E-state index in [1.165, 1.54) is 0 Å². The SMILES string of the molecule is O=C(O)c1ccccc1-c1cscc1-c1ccccc1. The van der Waals surface area contributed by atoms with Crippen molar-refractivity contribution in [3.63, 3.8) is 0 Å². The Morgan fingerprint density at radius 2 is 1.45 bits per heavy atom. The number of carboxylic acids is 1. The molecule has 0 spiro atoms. The number of rotatable bonds is 3. The van der Waals surface area contributed by atoms with Crippen LogP contribution in [0.15, 0.2) is 65.4 Å². The van der Waals surface area contributed by atoms with Gasteiger partial charge >= 0.3 is 5.97 Å². The van der Waals surface area contributed by atoms with Gasteiger partial charge < -0.3 is 5.11 Å². The highest BCUT2D eigenvalue weighted by atomic mass is 32.1. The molecule has 0 amide bonds. The quantitative estimate of drug-likeness (QED) is 0.749. The number of benzene rings is 2. The largest absolute Gasteiger partial charge is 0.478 e. The molecule has 3 aromatic rings. The van der Waals surface area contributed by atoms with Crippen LogP contribution in [0.5, 0.6) is 0 Å². The first-order valence-electron chi connectivity index (χ1n) is 6.21. The highest BCUT2D eigenvalue weighted by molar-refractivity contribution is 7.08. The summed E-state index contributed by atoms with van der Waals surface area (Å²) in [6.07, 6.45) is 0. The van der Waals surface area contributed by atoms with Crippen molar-refractivity contribution < 1.29 is 9.90 Å². The topological polar surface area (TPSA) is 37.3 Å². The molecule has 0 aliphatic carbocycles. The number of hydrogen-bond donors (Lipinski definition) is 1. The summed E-state index contributed by atoms with van der Waals surface area (Å²) in [5.74, 6) is -0.897. The van der Waals surface area contributed by atoms with Crippen LogP contribution < -0.4 is 0 Å². The van der Waals surface area contributed by atoms with E-state index in [0.29, 0.717) is 5.56 Å². The lowest BCUT2D eigenvalue weighted by Crippen LogP contribution is -1.98. The fraction of sp³-hybridized carbons (Fsp3) is 0. The normalized spacial score (nSPS) is 10.4. The van der Waals surface area contributed by atoms with Gasteiger partial charge in [0.25, 0.3) is 0 Å². The Morgan fingerprint density at radius 3 is 2.20 bits per heavy atom. The molecular formula is C17H12O2S. The first-order chi connectivity index (χ1) is 9.77. The molecule has 1 heterocycles. The molecule has 0 aliphatic rings. The molecule has 0 saturated carbocycles. The van der Waals surface area contributed by atoms with Crippen LogP contribution in [0.4, 0.5) is 0 Å². The van der Waals surface area contributed by atoms with Crippen molar-refractivity contribution in [2.75, 3.05) is 0 Å². The zero-order chi connectivity index (χ0) is 13.9. The Morgan fingerprint density at radius 1 is 0.800 bits per heavy atom. The van der Waals surface area contributed by atoms with Crippen LogP contribution in [0.3, 0.4) is 0 Å². The van der Waals surface area contributed by atoms with Crippen molar-refractivity contribution in [2.24, 2.45) is 0 Å². The van der Waals surface area contributed by atoms with Crippen LogP contribution in [0.1, 0.15) is 10.4 Å². The summed E-state index contributed by atoms with van der Waals surface area (Å²) in [5.41, 5.74) is 4.25. The molecule has 2 nitrogen and oxygen atoms in total. The van der Waals surface area contributed by atoms with Gasteiger partial charge in [0, 0.05) is 11.1 Å². The molecule has 0 unspecified atom stereocenters. The van der Waals surface area contributed by atoms with Gasteiger partial charge in [0.05, 0.1) is 5.56 Å². The van der Waals surface area contributed by atoms with Crippen LogP contribution in [0.2, 0.25) is 0 Å². The van der Waals surface area contributed by atoms with Crippen molar-refractivity contribution in [1.29, 1.82) is 0 Å². The van der Waals surface area contributed by atoms with E-state index in [0.717, 1.165) is 22.3 Å². The minimum absolute atomic E-state index is 0.336. The van der Waals surface area contributed by atoms with Crippen LogP contribution in [-0.4, -0.2) is 11.1 Å². The van der Waals surface area contributed by atoms with E-state index in [4.69, 9.17) is 0 Å². The summed E-state index contributed by atoms with van der Waals surface area (Å²) in [7, 11) is 0. The van der Waals surface area contributed by atoms with Gasteiger partial charge in [-0.15, -0.1) is 0 Å². The predicted octanol–water partition coefficient (Wildman–Crippen LogP) is 4.78. The highest BCUT2D eigenvalue weighted by Crippen LogP contribution is 2.36. The molecule has 1 aromatic heterocycles. The number of carbonyl (C=O) groups is 1. The molecule has 0 atom stereocenters. The third-order valence-corrected chi connectivity index (χ3v) is 3.94. The second-order valence-corrected chi connectivity index (χ2v) is 5.16. The van der Waals surface area contributed by atoms with Gasteiger partial charge in [0.15, 0.2) is 0 Å². The molecule has 0 saturated heterocycles. The van der Waals surface area contributed by atoms with Crippen LogP contribution >= 0.6 is 11.3 Å². The van der Waals surface area contributed by atoms with Crippen molar-refractivity contribution in [1.82, 2.24) is 0 Å². The molecule has 0 aliphatic heterocycles. The van der Waals surface area contributed by atoms with E-state index in [9.17, 15) is 9.90 Å². The summed E-state index contributed by atoms with van der Waals surface area (Å²) in [4.78, 5) is 11.4. The standard InChI is InChI=1S/C17H12O2S/c18-17(19)14-9-5-4-8-13(14)16-11-20-10-15(16)12-6-2-1-3-7-12/h1-11H,(H,18,19). The minimum Gasteiger partial charge on any atom is -0.478 e. The van der Waals surface area contributed by atoms with E-state index in [-0.39, 0.29) is 0 Å². The Hall–Kier alpha value is -2.39. The monoisotopic (exact) mass is 280 g/mol. The summed E-state index contributed by atoms with van der Waals surface area (Å²) in [6, 6.07) is 17.1. The fourth-order valence-corrected chi connectivity index (χ4v) is 3.11. The zero-order valence-electron chi connectivity index (χ0n) is 10.6. The van der Waals surface area contributed by atoms with Crippen molar-refractivity contribution >= 4 is 17.3 Å². The van der Waals surface area contributed by atoms with Gasteiger partial charge in [-0.2, -0.15) is 11.3 Å². The van der Waals surface area contributed by atoms with E-state index in [1.807, 2.05) is 47.8 Å². The molecule has 0 fully saturated rings. The molecule has 98 valence electrons. The molecule has 3 heteroatoms. The Bertz CT molecular complexity index is 744. The van der Waals surface area contributed by atoms with Crippen LogP contribution in [0.25, 0.3) is 22.3 Å². The molecule has 2 aromatic carbocycles. The summed E-state index contributed by atoms with van der Waals surface area (Å²) in [5, 5.41) is 13.4. The Labute approximate surface area is 121 Å². The van der Waals surface area contributed by atoms with E-state index in [2.05, 4.69) is 5.38 Å². The van der Waals surface area contributed by atoms with Gasteiger partial charge in [-0.3, -0.25) is 0 Å². The van der Waals surface area contributed by atoms with Gasteiger partial charge in [-0.25, -0.2) is 4.79 Å². The van der Waals surface area contributed by atoms with Gasteiger partial charge in [-0.1, -0.05) is 48.5 Å². The van der Waals surface area contributed by atoms with E-state index < -0.39 is 5.97 Å². The van der Waals surface area contributed by atoms with E-state index in [1.54, 1.807) is 23.5 Å². The molecule has 0 radical (unpaired) electrons. The summed E-state index contributed by atoms with van der Waals surface area (Å²) < 4.78 is 0. The van der Waals surface area contributed by atoms with Crippen LogP contribution in [0, 0.1) is 0 Å². The lowest BCUT2D eigenvalue weighted by molar-refractivity contribution is 0.0698. The minimum atomic E-state index is -0.897. The lowest BCUT2D eigenvalue weighted by Gasteiger charge is -2.08. The third-order valence-electron chi connectivity index (χ3n) is 3.19. The molecule has 0 bridgehead atoms. The summed E-state index contributed by atoms with van der Waals surface area (Å²) in [6.45, 7) is 0. The maximum atomic E-state index is 11.4. The first kappa shape index (κ1) is 12.6. The Kier molecular flexibility index (Phi) is 3.35. The summed E-state index contributed by atoms with van der Waals surface area (Å²) >= 11 is 1.58. The second-order valence-electron chi connectivity index (χ2n) is 4.42. The van der Waals surface area contributed by atoms with E-state index >= 15 is 0 Å². The number of aromatic carboxylic acids is 1. The zero-order valence-corrected chi connectivity index (χ0v) is 11.4. The average molecular weight is 280 g/mol. The maximum absolute atomic E-state index is 11.4. The van der Waals surface area contributed by atoms with Gasteiger partial charge in [-0.05, 0) is 28.0 Å². The lowest BCUT2D eigenvalue weighted by atomic mass is 9.95. The third kappa shape index (κ3) is 2.24. The fourth-order valence-electron chi connectivity index (χ4n) is 2.25. The average Bonchev–Trinajstić information content (AvgIpc) is 2.97. The van der Waals surface area contributed by atoms with Crippen molar-refractivity contribution in [3.8, 4) is 22.3 Å². The first-order valence-corrected chi connectivity index (χ1v) is 7.16. The molecule has 1 N–H and O–H groups in total. The van der Waals surface area contributed by atoms with Gasteiger partial charge in [0.2, 0.25) is 0 Å². The Balaban J connectivity index is 2.18. The predicted molar refractivity (Wildman–Crippen MR) is 82.2 cm³/mol. The smallest absolute Gasteiger partial charge is 0.336 e.